The molecule has 0 radical (unpaired) electrons. The molecule has 1 aliphatic rings. The van der Waals surface area contributed by atoms with E-state index < -0.39 is 10.0 Å². The third-order valence-corrected chi connectivity index (χ3v) is 4.12. The van der Waals surface area contributed by atoms with Crippen LogP contribution in [0.4, 0.5) is 5.82 Å². The topological polar surface area (TPSA) is 71.1 Å². The molecule has 0 aromatic carbocycles. The Morgan fingerprint density at radius 1 is 1.59 bits per heavy atom. The maximum atomic E-state index is 11.9. The van der Waals surface area contributed by atoms with E-state index in [0.717, 1.165) is 24.9 Å². The van der Waals surface area contributed by atoms with Gasteiger partial charge in [-0.15, -0.1) is 0 Å². The summed E-state index contributed by atoms with van der Waals surface area (Å²) < 4.78 is 26.3. The third-order valence-electron chi connectivity index (χ3n) is 2.76. The number of aromatic nitrogens is 1. The Labute approximate surface area is 102 Å². The molecule has 6 heteroatoms. The van der Waals surface area contributed by atoms with E-state index in [-0.39, 0.29) is 11.8 Å². The largest absolute Gasteiger partial charge is 0.313 e. The van der Waals surface area contributed by atoms with Crippen LogP contribution in [0.1, 0.15) is 18.4 Å². The van der Waals surface area contributed by atoms with Crippen molar-refractivity contribution in [1.82, 2.24) is 10.3 Å². The molecular formula is C11H17N3O2S. The second-order valence-corrected chi connectivity index (χ2v) is 6.16. The van der Waals surface area contributed by atoms with Crippen LogP contribution in [0.25, 0.3) is 0 Å². The van der Waals surface area contributed by atoms with E-state index in [9.17, 15) is 8.42 Å². The minimum absolute atomic E-state index is 0.0670. The average molecular weight is 255 g/mol. The normalized spacial score (nSPS) is 20.4. The molecule has 1 aliphatic heterocycles. The fraction of sp³-hybridized carbons (Fsp3) is 0.545. The highest BCUT2D eigenvalue weighted by atomic mass is 32.2. The van der Waals surface area contributed by atoms with E-state index in [1.165, 1.54) is 0 Å². The van der Waals surface area contributed by atoms with Crippen molar-refractivity contribution in [3.63, 3.8) is 0 Å². The predicted octanol–water partition coefficient (Wildman–Crippen LogP) is 0.884. The molecule has 1 unspecified atom stereocenters. The highest BCUT2D eigenvalue weighted by Gasteiger charge is 2.22. The van der Waals surface area contributed by atoms with E-state index >= 15 is 0 Å². The first-order chi connectivity index (χ1) is 8.05. The minimum atomic E-state index is -3.31. The number of rotatable bonds is 4. The Hall–Kier alpha value is -1.14. The smallest absolute Gasteiger partial charge is 0.235 e. The van der Waals surface area contributed by atoms with Gasteiger partial charge >= 0.3 is 0 Å². The standard InChI is InChI=1S/C11H17N3O2S/c1-9-4-6-13-11(7-9)14-17(15,16)8-10-3-2-5-12-10/h4,6-7,10,12H,2-3,5,8H2,1H3,(H,13,14). The van der Waals surface area contributed by atoms with E-state index in [4.69, 9.17) is 0 Å². The van der Waals surface area contributed by atoms with Gasteiger partial charge in [0.1, 0.15) is 5.82 Å². The first-order valence-electron chi connectivity index (χ1n) is 5.72. The second-order valence-electron chi connectivity index (χ2n) is 4.40. The maximum Gasteiger partial charge on any atom is 0.235 e. The molecule has 5 nitrogen and oxygen atoms in total. The summed E-state index contributed by atoms with van der Waals surface area (Å²) in [5.41, 5.74) is 0.983. The summed E-state index contributed by atoms with van der Waals surface area (Å²) in [4.78, 5) is 3.99. The SMILES string of the molecule is Cc1ccnc(NS(=O)(=O)CC2CCCN2)c1. The van der Waals surface area contributed by atoms with Crippen LogP contribution in [0, 0.1) is 6.92 Å². The Morgan fingerprint density at radius 2 is 2.41 bits per heavy atom. The molecule has 0 amide bonds. The zero-order chi connectivity index (χ0) is 12.3. The molecule has 1 aromatic heterocycles. The van der Waals surface area contributed by atoms with Gasteiger partial charge in [-0.25, -0.2) is 13.4 Å². The lowest BCUT2D eigenvalue weighted by atomic mass is 10.3. The number of aryl methyl sites for hydroxylation is 1. The first kappa shape index (κ1) is 12.3. The molecule has 0 spiro atoms. The van der Waals surface area contributed by atoms with Crippen molar-refractivity contribution in [3.05, 3.63) is 23.9 Å². The number of pyridine rings is 1. The number of anilines is 1. The number of hydrogen-bond donors (Lipinski definition) is 2. The Balaban J connectivity index is 2.01. The molecule has 0 aliphatic carbocycles. The molecule has 2 N–H and O–H groups in total. The van der Waals surface area contributed by atoms with Gasteiger partial charge in [-0.05, 0) is 44.0 Å². The van der Waals surface area contributed by atoms with E-state index in [1.807, 2.05) is 13.0 Å². The van der Waals surface area contributed by atoms with Crippen molar-refractivity contribution in [1.29, 1.82) is 0 Å². The van der Waals surface area contributed by atoms with Gasteiger partial charge in [-0.3, -0.25) is 4.72 Å². The quantitative estimate of drug-likeness (QED) is 0.838. The van der Waals surface area contributed by atoms with Gasteiger partial charge in [0.05, 0.1) is 5.75 Å². The summed E-state index contributed by atoms with van der Waals surface area (Å²) in [6.45, 7) is 2.81. The highest BCUT2D eigenvalue weighted by Crippen LogP contribution is 2.11. The minimum Gasteiger partial charge on any atom is -0.313 e. The molecule has 2 heterocycles. The zero-order valence-electron chi connectivity index (χ0n) is 9.81. The summed E-state index contributed by atoms with van der Waals surface area (Å²) in [5.74, 6) is 0.505. The predicted molar refractivity (Wildman–Crippen MR) is 67.4 cm³/mol. The molecule has 94 valence electrons. The molecule has 1 aromatic rings. The molecule has 17 heavy (non-hydrogen) atoms. The molecule has 1 atom stereocenters. The molecule has 0 bridgehead atoms. The Kier molecular flexibility index (Phi) is 3.63. The molecule has 2 rings (SSSR count). The van der Waals surface area contributed by atoms with E-state index in [1.54, 1.807) is 12.3 Å². The fourth-order valence-electron chi connectivity index (χ4n) is 1.96. The van der Waals surface area contributed by atoms with Gasteiger partial charge in [-0.1, -0.05) is 0 Å². The van der Waals surface area contributed by atoms with Crippen LogP contribution in [0.5, 0.6) is 0 Å². The Bertz CT molecular complexity index is 481. The number of hydrogen-bond acceptors (Lipinski definition) is 4. The molecule has 0 saturated carbocycles. The van der Waals surface area contributed by atoms with Crippen LogP contribution in [-0.4, -0.2) is 31.7 Å². The lowest BCUT2D eigenvalue weighted by Crippen LogP contribution is -2.33. The van der Waals surface area contributed by atoms with Crippen molar-refractivity contribution < 1.29 is 8.42 Å². The summed E-state index contributed by atoms with van der Waals surface area (Å²) >= 11 is 0. The lowest BCUT2D eigenvalue weighted by Gasteiger charge is -2.12. The molecule has 1 saturated heterocycles. The van der Waals surface area contributed by atoms with Gasteiger partial charge in [0.2, 0.25) is 10.0 Å². The summed E-state index contributed by atoms with van der Waals surface area (Å²) in [6, 6.07) is 3.62. The zero-order valence-corrected chi connectivity index (χ0v) is 10.6. The number of nitrogens with zero attached hydrogens (tertiary/aromatic N) is 1. The first-order valence-corrected chi connectivity index (χ1v) is 7.37. The van der Waals surface area contributed by atoms with Gasteiger partial charge in [-0.2, -0.15) is 0 Å². The van der Waals surface area contributed by atoms with Crippen molar-refractivity contribution in [2.24, 2.45) is 0 Å². The lowest BCUT2D eigenvalue weighted by molar-refractivity contribution is 0.581. The van der Waals surface area contributed by atoms with Crippen molar-refractivity contribution in [2.45, 2.75) is 25.8 Å². The van der Waals surface area contributed by atoms with Crippen LogP contribution in [0.3, 0.4) is 0 Å². The van der Waals surface area contributed by atoms with Crippen molar-refractivity contribution in [2.75, 3.05) is 17.0 Å². The summed E-state index contributed by atoms with van der Waals surface area (Å²) in [5, 5.41) is 3.17. The number of sulfonamides is 1. The van der Waals surface area contributed by atoms with Gasteiger partial charge in [0, 0.05) is 12.2 Å². The molecule has 1 fully saturated rings. The van der Waals surface area contributed by atoms with Gasteiger partial charge in [0.25, 0.3) is 0 Å². The van der Waals surface area contributed by atoms with Gasteiger partial charge in [0.15, 0.2) is 0 Å². The highest BCUT2D eigenvalue weighted by molar-refractivity contribution is 7.92. The second kappa shape index (κ2) is 5.01. The van der Waals surface area contributed by atoms with Crippen LogP contribution in [0.2, 0.25) is 0 Å². The van der Waals surface area contributed by atoms with Crippen LogP contribution >= 0.6 is 0 Å². The maximum absolute atomic E-state index is 11.9. The monoisotopic (exact) mass is 255 g/mol. The fourth-order valence-corrected chi connectivity index (χ4v) is 3.28. The summed E-state index contributed by atoms with van der Waals surface area (Å²) in [6.07, 6.45) is 3.56. The third kappa shape index (κ3) is 3.67. The molecular weight excluding hydrogens is 238 g/mol. The van der Waals surface area contributed by atoms with Gasteiger partial charge < -0.3 is 5.32 Å². The average Bonchev–Trinajstić information content (AvgIpc) is 2.68. The van der Waals surface area contributed by atoms with Crippen molar-refractivity contribution in [3.8, 4) is 0 Å². The van der Waals surface area contributed by atoms with Crippen LogP contribution in [-0.2, 0) is 10.0 Å². The van der Waals surface area contributed by atoms with E-state index in [0.29, 0.717) is 5.82 Å². The van der Waals surface area contributed by atoms with Crippen molar-refractivity contribution >= 4 is 15.8 Å². The summed E-state index contributed by atoms with van der Waals surface area (Å²) in [7, 11) is -3.31. The van der Waals surface area contributed by atoms with Crippen LogP contribution < -0.4 is 10.0 Å². The Morgan fingerprint density at radius 3 is 3.06 bits per heavy atom. The number of nitrogens with one attached hydrogen (secondary N) is 2. The van der Waals surface area contributed by atoms with E-state index in [2.05, 4.69) is 15.0 Å². The van der Waals surface area contributed by atoms with Crippen LogP contribution in [0.15, 0.2) is 18.3 Å².